The Labute approximate surface area is 381 Å². The molecule has 0 saturated carbocycles. The second kappa shape index (κ2) is 14.4. The Hall–Kier alpha value is -8.72. The Balaban J connectivity index is 1.07. The summed E-state index contributed by atoms with van der Waals surface area (Å²) < 4.78 is 13.8. The van der Waals surface area contributed by atoms with Crippen LogP contribution in [-0.4, -0.2) is 29.1 Å². The van der Waals surface area contributed by atoms with Crippen molar-refractivity contribution in [1.82, 2.24) is 29.1 Å². The first-order valence-electron chi connectivity index (χ1n) is 22.0. The van der Waals surface area contributed by atoms with Crippen LogP contribution in [0.15, 0.2) is 211 Å². The van der Waals surface area contributed by atoms with E-state index in [9.17, 15) is 0 Å². The molecule has 14 rings (SSSR count). The zero-order valence-corrected chi connectivity index (χ0v) is 35.9. The fourth-order valence-corrected chi connectivity index (χ4v) is 11.1. The van der Waals surface area contributed by atoms with Crippen molar-refractivity contribution >= 4 is 86.2 Å². The molecule has 66 heavy (non-hydrogen) atoms. The lowest BCUT2D eigenvalue weighted by Gasteiger charge is -2.14. The van der Waals surface area contributed by atoms with Gasteiger partial charge in [-0.1, -0.05) is 140 Å². The van der Waals surface area contributed by atoms with E-state index in [-0.39, 0.29) is 0 Å². The van der Waals surface area contributed by atoms with Crippen molar-refractivity contribution in [2.75, 3.05) is 0 Å². The Kier molecular flexibility index (Phi) is 8.02. The Morgan fingerprint density at radius 3 is 1.79 bits per heavy atom. The molecule has 0 amide bonds. The van der Waals surface area contributed by atoms with E-state index in [1.807, 2.05) is 59.9 Å². The SMILES string of the molecule is c1ccc(-c2nc3cccc(-c4nc(-c5cccc(-c6cccc7sc8ccccc8c67)c5)nc(-n5c6ccccc6c6ccc7c8ccccc8n(-c8ccccc8)c7c65)n4)c3o2)cc1. The first-order valence-corrected chi connectivity index (χ1v) is 22.8. The van der Waals surface area contributed by atoms with Gasteiger partial charge in [0.15, 0.2) is 17.2 Å². The molecule has 9 aromatic carbocycles. The number of oxazole rings is 1. The highest BCUT2D eigenvalue weighted by atomic mass is 32.1. The largest absolute Gasteiger partial charge is 0.435 e. The summed E-state index contributed by atoms with van der Waals surface area (Å²) in [5, 5.41) is 7.02. The lowest BCUT2D eigenvalue weighted by atomic mass is 9.98. The minimum absolute atomic E-state index is 0.481. The third kappa shape index (κ3) is 5.55. The van der Waals surface area contributed by atoms with Crippen LogP contribution in [0.5, 0.6) is 0 Å². The van der Waals surface area contributed by atoms with Gasteiger partial charge >= 0.3 is 0 Å². The molecule has 0 aliphatic rings. The Bertz CT molecular complexity index is 4240. The van der Waals surface area contributed by atoms with Crippen molar-refractivity contribution < 1.29 is 4.42 Å². The number of rotatable bonds is 6. The van der Waals surface area contributed by atoms with E-state index in [4.69, 9.17) is 24.4 Å². The average molecular weight is 863 g/mol. The van der Waals surface area contributed by atoms with Crippen molar-refractivity contribution in [1.29, 1.82) is 0 Å². The monoisotopic (exact) mass is 862 g/mol. The molecule has 0 atom stereocenters. The number of thiophene rings is 1. The van der Waals surface area contributed by atoms with Gasteiger partial charge in [0.1, 0.15) is 5.52 Å². The summed E-state index contributed by atoms with van der Waals surface area (Å²) in [6.07, 6.45) is 0. The molecule has 0 unspecified atom stereocenters. The van der Waals surface area contributed by atoms with E-state index in [0.29, 0.717) is 29.1 Å². The molecular formula is C58H34N6OS. The highest BCUT2D eigenvalue weighted by Crippen LogP contribution is 2.43. The molecule has 0 radical (unpaired) electrons. The third-order valence-corrected chi connectivity index (χ3v) is 14.0. The van der Waals surface area contributed by atoms with Gasteiger partial charge in [-0.05, 0) is 77.9 Å². The van der Waals surface area contributed by atoms with Gasteiger partial charge in [0, 0.05) is 58.5 Å². The normalized spacial score (nSPS) is 11.9. The van der Waals surface area contributed by atoms with Gasteiger partial charge in [-0.3, -0.25) is 4.57 Å². The number of hydrogen-bond acceptors (Lipinski definition) is 6. The highest BCUT2D eigenvalue weighted by molar-refractivity contribution is 7.25. The van der Waals surface area contributed by atoms with E-state index in [1.54, 1.807) is 0 Å². The van der Waals surface area contributed by atoms with Gasteiger partial charge < -0.3 is 8.98 Å². The first-order chi connectivity index (χ1) is 32.7. The molecule has 14 aromatic rings. The van der Waals surface area contributed by atoms with E-state index in [0.717, 1.165) is 71.7 Å². The van der Waals surface area contributed by atoms with Gasteiger partial charge in [0.25, 0.3) is 0 Å². The van der Waals surface area contributed by atoms with Crippen molar-refractivity contribution in [2.45, 2.75) is 0 Å². The van der Waals surface area contributed by atoms with Crippen molar-refractivity contribution in [3.8, 4) is 57.0 Å². The molecule has 0 aliphatic carbocycles. The predicted molar refractivity (Wildman–Crippen MR) is 271 cm³/mol. The predicted octanol–water partition coefficient (Wildman–Crippen LogP) is 15.2. The number of hydrogen-bond donors (Lipinski definition) is 0. The topological polar surface area (TPSA) is 74.6 Å². The van der Waals surface area contributed by atoms with E-state index < -0.39 is 0 Å². The summed E-state index contributed by atoms with van der Waals surface area (Å²) in [6.45, 7) is 0. The van der Waals surface area contributed by atoms with Crippen LogP contribution in [0.1, 0.15) is 0 Å². The van der Waals surface area contributed by atoms with Crippen LogP contribution in [0.3, 0.4) is 0 Å². The first kappa shape index (κ1) is 36.7. The van der Waals surface area contributed by atoms with Crippen LogP contribution in [0, 0.1) is 0 Å². The van der Waals surface area contributed by atoms with Crippen molar-refractivity contribution in [2.24, 2.45) is 0 Å². The minimum atomic E-state index is 0.481. The standard InChI is InChI=1S/C58H34N6OS/c1-3-16-35(17-4-1)57-59-46-27-14-26-45(54(46)65-57)56-60-55(37-19-13-18-36(34-37)39-25-15-31-50-51(39)44-24-9-12-30-49(44)66-50)61-58(62-56)64-48-29-11-8-23-41(48)43-33-32-42-40-22-7-10-28-47(40)63(52(42)53(43)64)38-20-5-2-6-21-38/h1-34H. The number of aromatic nitrogens is 6. The Morgan fingerprint density at radius 2 is 0.985 bits per heavy atom. The quantitative estimate of drug-likeness (QED) is 0.166. The maximum Gasteiger partial charge on any atom is 0.238 e. The summed E-state index contributed by atoms with van der Waals surface area (Å²) >= 11 is 1.82. The van der Waals surface area contributed by atoms with E-state index in [2.05, 4.69) is 167 Å². The summed E-state index contributed by atoms with van der Waals surface area (Å²) in [5.41, 5.74) is 11.3. The van der Waals surface area contributed by atoms with Crippen LogP contribution >= 0.6 is 11.3 Å². The minimum Gasteiger partial charge on any atom is -0.435 e. The maximum atomic E-state index is 6.64. The van der Waals surface area contributed by atoms with Crippen LogP contribution in [0.2, 0.25) is 0 Å². The van der Waals surface area contributed by atoms with Crippen LogP contribution in [0.25, 0.3) is 132 Å². The molecule has 308 valence electrons. The molecule has 0 aliphatic heterocycles. The van der Waals surface area contributed by atoms with Gasteiger partial charge in [-0.25, -0.2) is 9.97 Å². The lowest BCUT2D eigenvalue weighted by Crippen LogP contribution is -2.07. The maximum absolute atomic E-state index is 6.64. The lowest BCUT2D eigenvalue weighted by molar-refractivity contribution is 0.620. The molecule has 5 heterocycles. The Morgan fingerprint density at radius 1 is 0.394 bits per heavy atom. The molecule has 0 spiro atoms. The molecule has 0 saturated heterocycles. The molecule has 5 aromatic heterocycles. The summed E-state index contributed by atoms with van der Waals surface area (Å²) in [4.78, 5) is 21.2. The van der Waals surface area contributed by atoms with Gasteiger partial charge in [0.05, 0.1) is 27.6 Å². The van der Waals surface area contributed by atoms with Crippen molar-refractivity contribution in [3.63, 3.8) is 0 Å². The van der Waals surface area contributed by atoms with Crippen LogP contribution in [0.4, 0.5) is 0 Å². The molecule has 7 nitrogen and oxygen atoms in total. The zero-order chi connectivity index (χ0) is 43.3. The summed E-state index contributed by atoms with van der Waals surface area (Å²) in [6, 6.07) is 72.1. The fraction of sp³-hybridized carbons (Fsp3) is 0. The van der Waals surface area contributed by atoms with Crippen LogP contribution < -0.4 is 0 Å². The second-order valence-electron chi connectivity index (χ2n) is 16.6. The fourth-order valence-electron chi connectivity index (χ4n) is 9.94. The molecular weight excluding hydrogens is 829 g/mol. The third-order valence-electron chi connectivity index (χ3n) is 12.8. The molecule has 8 heteroatoms. The number of nitrogens with zero attached hydrogens (tertiary/aromatic N) is 6. The smallest absolute Gasteiger partial charge is 0.238 e. The summed E-state index contributed by atoms with van der Waals surface area (Å²) in [7, 11) is 0. The second-order valence-corrected chi connectivity index (χ2v) is 17.7. The number of fused-ring (bicyclic) bond motifs is 11. The van der Waals surface area contributed by atoms with Gasteiger partial charge in [-0.2, -0.15) is 9.97 Å². The van der Waals surface area contributed by atoms with E-state index >= 15 is 0 Å². The number of para-hydroxylation sites is 4. The van der Waals surface area contributed by atoms with Gasteiger partial charge in [0.2, 0.25) is 11.8 Å². The highest BCUT2D eigenvalue weighted by Gasteiger charge is 2.25. The van der Waals surface area contributed by atoms with Crippen molar-refractivity contribution in [3.05, 3.63) is 206 Å². The van der Waals surface area contributed by atoms with Crippen LogP contribution in [-0.2, 0) is 0 Å². The summed E-state index contributed by atoms with van der Waals surface area (Å²) in [5.74, 6) is 2.05. The molecule has 0 fully saturated rings. The number of benzene rings is 9. The average Bonchev–Trinajstić information content (AvgIpc) is 4.16. The molecule has 0 bridgehead atoms. The van der Waals surface area contributed by atoms with Gasteiger partial charge in [-0.15, -0.1) is 11.3 Å². The van der Waals surface area contributed by atoms with E-state index in [1.165, 1.54) is 31.1 Å². The molecule has 0 N–H and O–H groups in total. The zero-order valence-electron chi connectivity index (χ0n) is 35.1.